The van der Waals surface area contributed by atoms with Gasteiger partial charge in [-0.25, -0.2) is 9.97 Å². The molecule has 4 rings (SSSR count). The van der Waals surface area contributed by atoms with Gasteiger partial charge in [0.15, 0.2) is 0 Å². The fraction of sp³-hybridized carbons (Fsp3) is 0.200. The van der Waals surface area contributed by atoms with Gasteiger partial charge in [0.1, 0.15) is 5.76 Å². The molecule has 1 atom stereocenters. The lowest BCUT2D eigenvalue weighted by molar-refractivity contribution is -0.117. The van der Waals surface area contributed by atoms with Crippen molar-refractivity contribution in [1.29, 1.82) is 0 Å². The number of nitrogens with one attached hydrogen (secondary N) is 1. The van der Waals surface area contributed by atoms with Gasteiger partial charge in [-0.1, -0.05) is 17.3 Å². The Kier molecular flexibility index (Phi) is 4.19. The number of hydrogen-bond acceptors (Lipinski definition) is 5. The molecule has 0 radical (unpaired) electrons. The van der Waals surface area contributed by atoms with Crippen LogP contribution < -0.4 is 5.32 Å². The van der Waals surface area contributed by atoms with Crippen LogP contribution in [0.3, 0.4) is 0 Å². The highest BCUT2D eigenvalue weighted by Crippen LogP contribution is 2.25. The van der Waals surface area contributed by atoms with E-state index in [2.05, 4.69) is 20.4 Å². The number of imidazole rings is 1. The van der Waals surface area contributed by atoms with Crippen LogP contribution in [-0.4, -0.2) is 25.4 Å². The molecule has 1 amide bonds. The van der Waals surface area contributed by atoms with Crippen LogP contribution in [0.25, 0.3) is 17.0 Å². The van der Waals surface area contributed by atoms with Crippen molar-refractivity contribution >= 4 is 17.4 Å². The highest BCUT2D eigenvalue weighted by atomic mass is 16.5. The third kappa shape index (κ3) is 3.19. The van der Waals surface area contributed by atoms with Crippen molar-refractivity contribution in [2.75, 3.05) is 5.32 Å². The summed E-state index contributed by atoms with van der Waals surface area (Å²) in [5.74, 6) is 0.874. The van der Waals surface area contributed by atoms with E-state index in [4.69, 9.17) is 4.52 Å². The highest BCUT2D eigenvalue weighted by molar-refractivity contribution is 5.96. The fourth-order valence-electron chi connectivity index (χ4n) is 3.18. The number of carbonyl (C=O) groups is 1. The summed E-state index contributed by atoms with van der Waals surface area (Å²) in [5.41, 5.74) is 4.09. The second kappa shape index (κ2) is 6.68. The minimum atomic E-state index is -0.347. The molecule has 0 saturated carbocycles. The van der Waals surface area contributed by atoms with Crippen LogP contribution in [0.15, 0.2) is 53.4 Å². The highest BCUT2D eigenvalue weighted by Gasteiger charge is 2.23. The SMILES string of the molecule is Cc1noc(C)c1C(C)C(=O)Nc1ccc(-c2cn3cccnc3n2)cc1. The number of nitrogens with zero attached hydrogens (tertiary/aromatic N) is 4. The molecule has 0 fully saturated rings. The van der Waals surface area contributed by atoms with E-state index in [1.807, 2.05) is 67.9 Å². The Labute approximate surface area is 156 Å². The lowest BCUT2D eigenvalue weighted by Gasteiger charge is -2.12. The molecular weight excluding hydrogens is 342 g/mol. The number of aryl methyl sites for hydroxylation is 2. The van der Waals surface area contributed by atoms with Crippen molar-refractivity contribution in [2.24, 2.45) is 0 Å². The van der Waals surface area contributed by atoms with Gasteiger partial charge in [0.25, 0.3) is 0 Å². The predicted octanol–water partition coefficient (Wildman–Crippen LogP) is 3.74. The van der Waals surface area contributed by atoms with Gasteiger partial charge >= 0.3 is 0 Å². The second-order valence-corrected chi connectivity index (χ2v) is 6.48. The molecule has 27 heavy (non-hydrogen) atoms. The zero-order chi connectivity index (χ0) is 19.0. The summed E-state index contributed by atoms with van der Waals surface area (Å²) in [4.78, 5) is 21.3. The van der Waals surface area contributed by atoms with E-state index < -0.39 is 0 Å². The van der Waals surface area contributed by atoms with Gasteiger partial charge in [-0.2, -0.15) is 0 Å². The first-order chi connectivity index (χ1) is 13.0. The Balaban J connectivity index is 1.51. The molecule has 136 valence electrons. The number of fused-ring (bicyclic) bond motifs is 1. The van der Waals surface area contributed by atoms with Crippen LogP contribution in [0.1, 0.15) is 29.9 Å². The zero-order valence-electron chi connectivity index (χ0n) is 15.3. The summed E-state index contributed by atoms with van der Waals surface area (Å²) < 4.78 is 7.03. The largest absolute Gasteiger partial charge is 0.361 e. The fourth-order valence-corrected chi connectivity index (χ4v) is 3.18. The summed E-state index contributed by atoms with van der Waals surface area (Å²) in [5, 5.41) is 6.86. The van der Waals surface area contributed by atoms with Crippen LogP contribution >= 0.6 is 0 Å². The number of amides is 1. The van der Waals surface area contributed by atoms with Crippen LogP contribution in [0.2, 0.25) is 0 Å². The number of hydrogen-bond donors (Lipinski definition) is 1. The predicted molar refractivity (Wildman–Crippen MR) is 101 cm³/mol. The maximum atomic E-state index is 12.6. The molecule has 7 nitrogen and oxygen atoms in total. The van der Waals surface area contributed by atoms with Crippen LogP contribution in [-0.2, 0) is 4.79 Å². The lowest BCUT2D eigenvalue weighted by atomic mass is 9.98. The molecule has 0 aliphatic heterocycles. The molecule has 0 bridgehead atoms. The second-order valence-electron chi connectivity index (χ2n) is 6.48. The van der Waals surface area contributed by atoms with E-state index in [1.54, 1.807) is 6.20 Å². The molecule has 1 aromatic carbocycles. The van der Waals surface area contributed by atoms with E-state index in [9.17, 15) is 4.79 Å². The number of aromatic nitrogens is 4. The van der Waals surface area contributed by atoms with Gasteiger partial charge in [0.2, 0.25) is 11.7 Å². The number of benzene rings is 1. The molecule has 0 aliphatic rings. The monoisotopic (exact) mass is 361 g/mol. The summed E-state index contributed by atoms with van der Waals surface area (Å²) in [6, 6.07) is 9.45. The zero-order valence-corrected chi connectivity index (χ0v) is 15.3. The molecule has 1 unspecified atom stereocenters. The lowest BCUT2D eigenvalue weighted by Crippen LogP contribution is -2.19. The topological polar surface area (TPSA) is 85.3 Å². The minimum absolute atomic E-state index is 0.103. The van der Waals surface area contributed by atoms with E-state index >= 15 is 0 Å². The van der Waals surface area contributed by atoms with Gasteiger partial charge in [-0.3, -0.25) is 9.20 Å². The van der Waals surface area contributed by atoms with Crippen molar-refractivity contribution in [3.63, 3.8) is 0 Å². The van der Waals surface area contributed by atoms with Gasteiger partial charge in [0, 0.05) is 35.4 Å². The van der Waals surface area contributed by atoms with E-state index in [0.29, 0.717) is 11.5 Å². The Morgan fingerprint density at radius 1 is 1.22 bits per heavy atom. The summed E-state index contributed by atoms with van der Waals surface area (Å²) >= 11 is 0. The summed E-state index contributed by atoms with van der Waals surface area (Å²) in [7, 11) is 0. The normalized spacial score (nSPS) is 12.3. The van der Waals surface area contributed by atoms with Gasteiger partial charge in [0.05, 0.1) is 17.3 Å². The minimum Gasteiger partial charge on any atom is -0.361 e. The Morgan fingerprint density at radius 2 is 2.00 bits per heavy atom. The van der Waals surface area contributed by atoms with Crippen LogP contribution in [0.4, 0.5) is 5.69 Å². The van der Waals surface area contributed by atoms with Gasteiger partial charge in [-0.05, 0) is 39.0 Å². The maximum Gasteiger partial charge on any atom is 0.234 e. The van der Waals surface area contributed by atoms with E-state index in [-0.39, 0.29) is 11.8 Å². The van der Waals surface area contributed by atoms with Gasteiger partial charge < -0.3 is 9.84 Å². The van der Waals surface area contributed by atoms with E-state index in [1.165, 1.54) is 0 Å². The first-order valence-corrected chi connectivity index (χ1v) is 8.66. The Morgan fingerprint density at radius 3 is 2.67 bits per heavy atom. The van der Waals surface area contributed by atoms with Crippen molar-refractivity contribution in [3.05, 3.63) is 65.9 Å². The quantitative estimate of drug-likeness (QED) is 0.598. The first kappa shape index (κ1) is 17.0. The van der Waals surface area contributed by atoms with Crippen molar-refractivity contribution in [2.45, 2.75) is 26.7 Å². The Bertz CT molecular complexity index is 1060. The third-order valence-corrected chi connectivity index (χ3v) is 4.60. The number of anilines is 1. The molecule has 3 aromatic heterocycles. The number of carbonyl (C=O) groups excluding carboxylic acids is 1. The van der Waals surface area contributed by atoms with E-state index in [0.717, 1.165) is 28.2 Å². The molecule has 3 heterocycles. The molecule has 0 saturated heterocycles. The third-order valence-electron chi connectivity index (χ3n) is 4.60. The standard InChI is InChI=1S/C20H19N5O2/c1-12(18-13(2)24-27-14(18)3)19(26)22-16-7-5-15(6-8-16)17-11-25-10-4-9-21-20(25)23-17/h4-12H,1-3H3,(H,22,26). The maximum absolute atomic E-state index is 12.6. The first-order valence-electron chi connectivity index (χ1n) is 8.66. The Hall–Kier alpha value is -3.48. The number of rotatable bonds is 4. The van der Waals surface area contributed by atoms with Crippen molar-refractivity contribution in [1.82, 2.24) is 19.5 Å². The van der Waals surface area contributed by atoms with Crippen LogP contribution in [0, 0.1) is 13.8 Å². The molecule has 0 spiro atoms. The average Bonchev–Trinajstić information content (AvgIpc) is 3.25. The van der Waals surface area contributed by atoms with Gasteiger partial charge in [-0.15, -0.1) is 0 Å². The van der Waals surface area contributed by atoms with Crippen molar-refractivity contribution < 1.29 is 9.32 Å². The molecular formula is C20H19N5O2. The van der Waals surface area contributed by atoms with Crippen LogP contribution in [0.5, 0.6) is 0 Å². The molecule has 1 N–H and O–H groups in total. The molecule has 0 aliphatic carbocycles. The average molecular weight is 361 g/mol. The molecule has 4 aromatic rings. The smallest absolute Gasteiger partial charge is 0.234 e. The summed E-state index contributed by atoms with van der Waals surface area (Å²) in [6.07, 6.45) is 5.55. The molecule has 7 heteroatoms. The summed E-state index contributed by atoms with van der Waals surface area (Å²) in [6.45, 7) is 5.51. The van der Waals surface area contributed by atoms with Crippen molar-refractivity contribution in [3.8, 4) is 11.3 Å².